The van der Waals surface area contributed by atoms with Crippen LogP contribution in [0.1, 0.15) is 26.3 Å². The van der Waals surface area contributed by atoms with E-state index in [1.807, 2.05) is 0 Å². The number of nitro benzene ring substituents is 1. The van der Waals surface area contributed by atoms with Gasteiger partial charge in [-0.15, -0.1) is 0 Å². The monoisotopic (exact) mass is 585 g/mol. The smallest absolute Gasteiger partial charge is 0.295 e. The molecule has 2 amide bonds. The standard InChI is InChI=1S/C25H19N3O10S2/c1-14-8-9-16(13-20(14)27-24(29)15-4-2-5-17(12-15)28(31)32)25(30)26-19-10-11-21(39(33,34)35)18-6-3-7-22(23(18)19)40(36,37)38/h2-13H,1H3,(H,26,30)(H,27,29)(H,33,34,35)(H,36,37,38). The largest absolute Gasteiger partial charge is 0.322 e. The van der Waals surface area contributed by atoms with Crippen molar-refractivity contribution in [3.8, 4) is 0 Å². The van der Waals surface area contributed by atoms with E-state index >= 15 is 0 Å². The van der Waals surface area contributed by atoms with Crippen LogP contribution in [0.2, 0.25) is 0 Å². The van der Waals surface area contributed by atoms with E-state index in [0.29, 0.717) is 5.56 Å². The number of hydrogen-bond donors (Lipinski definition) is 4. The summed E-state index contributed by atoms with van der Waals surface area (Å²) < 4.78 is 67.1. The Kier molecular flexibility index (Phi) is 7.40. The molecule has 4 aromatic rings. The lowest BCUT2D eigenvalue weighted by atomic mass is 10.1. The summed E-state index contributed by atoms with van der Waals surface area (Å²) in [5.41, 5.74) is 0.279. The van der Waals surface area contributed by atoms with Gasteiger partial charge in [0.1, 0.15) is 9.79 Å². The van der Waals surface area contributed by atoms with E-state index < -0.39 is 46.8 Å². The Balaban J connectivity index is 1.72. The first-order valence-electron chi connectivity index (χ1n) is 11.2. The van der Waals surface area contributed by atoms with Crippen molar-refractivity contribution < 1.29 is 40.5 Å². The summed E-state index contributed by atoms with van der Waals surface area (Å²) in [7, 11) is -9.70. The number of non-ortho nitro benzene ring substituents is 1. The van der Waals surface area contributed by atoms with Crippen LogP contribution in [0, 0.1) is 17.0 Å². The maximum absolute atomic E-state index is 13.2. The Bertz CT molecular complexity index is 1940. The molecule has 40 heavy (non-hydrogen) atoms. The fourth-order valence-corrected chi connectivity index (χ4v) is 5.35. The first kappa shape index (κ1) is 28.3. The van der Waals surface area contributed by atoms with Crippen molar-refractivity contribution in [3.05, 3.63) is 99.6 Å². The zero-order chi connectivity index (χ0) is 29.4. The second kappa shape index (κ2) is 10.5. The number of carbonyl (C=O) groups is 2. The van der Waals surface area contributed by atoms with E-state index in [0.717, 1.165) is 30.3 Å². The summed E-state index contributed by atoms with van der Waals surface area (Å²) >= 11 is 0. The summed E-state index contributed by atoms with van der Waals surface area (Å²) in [5, 5.41) is 15.4. The molecule has 0 spiro atoms. The predicted molar refractivity (Wildman–Crippen MR) is 144 cm³/mol. The minimum atomic E-state index is -4.89. The number of fused-ring (bicyclic) bond motifs is 1. The van der Waals surface area contributed by atoms with Gasteiger partial charge in [-0.3, -0.25) is 28.8 Å². The topological polar surface area (TPSA) is 210 Å². The number of carbonyl (C=O) groups excluding carboxylic acids is 2. The van der Waals surface area contributed by atoms with E-state index in [2.05, 4.69) is 10.6 Å². The van der Waals surface area contributed by atoms with Crippen LogP contribution < -0.4 is 10.6 Å². The minimum absolute atomic E-state index is 0.00344. The van der Waals surface area contributed by atoms with E-state index in [1.54, 1.807) is 6.92 Å². The molecule has 0 aromatic heterocycles. The zero-order valence-electron chi connectivity index (χ0n) is 20.4. The zero-order valence-corrected chi connectivity index (χ0v) is 22.0. The lowest BCUT2D eigenvalue weighted by Crippen LogP contribution is -2.16. The molecule has 0 atom stereocenters. The lowest BCUT2D eigenvalue weighted by molar-refractivity contribution is -0.384. The number of anilines is 2. The van der Waals surface area contributed by atoms with Crippen molar-refractivity contribution >= 4 is 59.9 Å². The summed E-state index contributed by atoms with van der Waals surface area (Å²) in [6.45, 7) is 1.64. The third-order valence-electron chi connectivity index (χ3n) is 5.83. The fourth-order valence-electron chi connectivity index (χ4n) is 3.94. The Morgan fingerprint density at radius 2 is 1.35 bits per heavy atom. The molecule has 206 valence electrons. The van der Waals surface area contributed by atoms with Crippen LogP contribution in [0.15, 0.2) is 82.6 Å². The van der Waals surface area contributed by atoms with Crippen LogP contribution in [0.25, 0.3) is 10.8 Å². The highest BCUT2D eigenvalue weighted by molar-refractivity contribution is 7.86. The summed E-state index contributed by atoms with van der Waals surface area (Å²) in [6.07, 6.45) is 0. The number of rotatable bonds is 7. The minimum Gasteiger partial charge on any atom is -0.322 e. The average Bonchev–Trinajstić information content (AvgIpc) is 2.88. The molecule has 0 radical (unpaired) electrons. The molecule has 4 N–H and O–H groups in total. The molecule has 0 aliphatic carbocycles. The van der Waals surface area contributed by atoms with Gasteiger partial charge in [-0.05, 0) is 48.9 Å². The second-order valence-electron chi connectivity index (χ2n) is 8.49. The first-order chi connectivity index (χ1) is 18.7. The maximum Gasteiger partial charge on any atom is 0.295 e. The highest BCUT2D eigenvalue weighted by Crippen LogP contribution is 2.35. The van der Waals surface area contributed by atoms with Crippen molar-refractivity contribution in [2.24, 2.45) is 0 Å². The average molecular weight is 586 g/mol. The summed E-state index contributed by atoms with van der Waals surface area (Å²) in [4.78, 5) is 34.9. The summed E-state index contributed by atoms with van der Waals surface area (Å²) in [6, 6.07) is 14.6. The molecule has 0 aliphatic rings. The number of nitro groups is 1. The molecule has 0 fully saturated rings. The van der Waals surface area contributed by atoms with E-state index in [-0.39, 0.29) is 39.0 Å². The number of amides is 2. The SMILES string of the molecule is Cc1ccc(C(=O)Nc2ccc(S(=O)(=O)O)c3cccc(S(=O)(=O)O)c23)cc1NC(=O)c1cccc([N+](=O)[O-])c1. The number of nitrogens with one attached hydrogen (secondary N) is 2. The van der Waals surface area contributed by atoms with Crippen LogP contribution in [0.3, 0.4) is 0 Å². The fraction of sp³-hybridized carbons (Fsp3) is 0.0400. The van der Waals surface area contributed by atoms with Gasteiger partial charge in [0.25, 0.3) is 37.7 Å². The van der Waals surface area contributed by atoms with Gasteiger partial charge in [0.05, 0.1) is 10.6 Å². The van der Waals surface area contributed by atoms with Gasteiger partial charge in [0.2, 0.25) is 0 Å². The quantitative estimate of drug-likeness (QED) is 0.139. The van der Waals surface area contributed by atoms with Gasteiger partial charge >= 0.3 is 0 Å². The van der Waals surface area contributed by atoms with Crippen molar-refractivity contribution in [1.29, 1.82) is 0 Å². The highest BCUT2D eigenvalue weighted by Gasteiger charge is 2.23. The number of hydrogen-bond acceptors (Lipinski definition) is 8. The van der Waals surface area contributed by atoms with Gasteiger partial charge in [-0.1, -0.05) is 24.3 Å². The van der Waals surface area contributed by atoms with Gasteiger partial charge in [0, 0.05) is 39.7 Å². The summed E-state index contributed by atoms with van der Waals surface area (Å²) in [5.74, 6) is -1.47. The van der Waals surface area contributed by atoms with Crippen LogP contribution >= 0.6 is 0 Å². The van der Waals surface area contributed by atoms with Crippen LogP contribution in [0.5, 0.6) is 0 Å². The maximum atomic E-state index is 13.2. The molecule has 0 unspecified atom stereocenters. The van der Waals surface area contributed by atoms with Crippen LogP contribution in [-0.2, 0) is 20.2 Å². The number of nitrogens with zero attached hydrogens (tertiary/aromatic N) is 1. The van der Waals surface area contributed by atoms with Gasteiger partial charge in [-0.25, -0.2) is 0 Å². The van der Waals surface area contributed by atoms with Gasteiger partial charge in [-0.2, -0.15) is 16.8 Å². The Labute approximate surface area is 227 Å². The van der Waals surface area contributed by atoms with E-state index in [1.165, 1.54) is 42.5 Å². The van der Waals surface area contributed by atoms with E-state index in [9.17, 15) is 45.6 Å². The highest BCUT2D eigenvalue weighted by atomic mass is 32.2. The number of benzene rings is 4. The molecule has 0 heterocycles. The van der Waals surface area contributed by atoms with Gasteiger partial charge < -0.3 is 10.6 Å². The third kappa shape index (κ3) is 5.81. The predicted octanol–water partition coefficient (Wildman–Crippen LogP) is 4.05. The second-order valence-corrected chi connectivity index (χ2v) is 11.3. The van der Waals surface area contributed by atoms with Crippen molar-refractivity contribution in [2.75, 3.05) is 10.6 Å². The van der Waals surface area contributed by atoms with Gasteiger partial charge in [0.15, 0.2) is 0 Å². The Hall–Kier alpha value is -4.70. The molecule has 0 saturated carbocycles. The van der Waals surface area contributed by atoms with Crippen LogP contribution in [-0.4, -0.2) is 42.7 Å². The molecular formula is C25H19N3O10S2. The molecule has 0 aliphatic heterocycles. The normalized spacial score (nSPS) is 11.7. The van der Waals surface area contributed by atoms with Crippen molar-refractivity contribution in [3.63, 3.8) is 0 Å². The molecule has 4 rings (SSSR count). The molecule has 0 saturated heterocycles. The van der Waals surface area contributed by atoms with Crippen LogP contribution in [0.4, 0.5) is 17.1 Å². The Morgan fingerprint density at radius 3 is 1.98 bits per heavy atom. The Morgan fingerprint density at radius 1 is 0.750 bits per heavy atom. The number of aryl methyl sites for hydroxylation is 1. The molecule has 13 nitrogen and oxygen atoms in total. The third-order valence-corrected chi connectivity index (χ3v) is 7.64. The molecule has 4 aromatic carbocycles. The van der Waals surface area contributed by atoms with Crippen molar-refractivity contribution in [1.82, 2.24) is 0 Å². The molecule has 0 bridgehead atoms. The van der Waals surface area contributed by atoms with Crippen molar-refractivity contribution in [2.45, 2.75) is 16.7 Å². The van der Waals surface area contributed by atoms with E-state index in [4.69, 9.17) is 0 Å². The molecular weight excluding hydrogens is 566 g/mol. The lowest BCUT2D eigenvalue weighted by Gasteiger charge is -2.15. The first-order valence-corrected chi connectivity index (χ1v) is 14.0. The molecule has 15 heteroatoms.